The molecule has 0 aliphatic carbocycles. The van der Waals surface area contributed by atoms with Crippen LogP contribution in [0.4, 0.5) is 4.79 Å². The zero-order valence-electron chi connectivity index (χ0n) is 11.3. The number of fused-ring (bicyclic) bond motifs is 1. The number of aliphatic hydroxyl groups is 1. The fraction of sp³-hybridized carbons (Fsp3) is 0.125. The molecule has 2 aromatic carbocycles. The average molecular weight is 299 g/mol. The Labute approximate surface area is 125 Å². The Kier molecular flexibility index (Phi) is 3.53. The van der Waals surface area contributed by atoms with Gasteiger partial charge >= 0.3 is 0 Å². The quantitative estimate of drug-likeness (QED) is 0.837. The summed E-state index contributed by atoms with van der Waals surface area (Å²) in [6, 6.07) is 11.7. The van der Waals surface area contributed by atoms with Gasteiger partial charge in [0.1, 0.15) is 0 Å². The van der Waals surface area contributed by atoms with E-state index >= 15 is 0 Å². The number of aryl methyl sites for hydroxylation is 1. The van der Waals surface area contributed by atoms with Crippen LogP contribution < -0.4 is 5.32 Å². The molecule has 1 aliphatic heterocycles. The largest absolute Gasteiger partial charge is 0.392 e. The Morgan fingerprint density at radius 3 is 2.52 bits per heavy atom. The minimum atomic E-state index is -0.446. The molecule has 3 rings (SSSR count). The number of rotatable bonds is 2. The highest BCUT2D eigenvalue weighted by Crippen LogP contribution is 2.35. The first-order valence-electron chi connectivity index (χ1n) is 6.47. The number of amides is 2. The minimum Gasteiger partial charge on any atom is -0.392 e. The molecule has 4 nitrogen and oxygen atoms in total. The Morgan fingerprint density at radius 2 is 1.86 bits per heavy atom. The predicted octanol–water partition coefficient (Wildman–Crippen LogP) is 2.83. The molecule has 21 heavy (non-hydrogen) atoms. The highest BCUT2D eigenvalue weighted by Gasteiger charge is 2.29. The first-order valence-corrected chi connectivity index (χ1v) is 7.29. The molecule has 1 heterocycles. The van der Waals surface area contributed by atoms with Gasteiger partial charge in [0.05, 0.1) is 11.5 Å². The normalized spacial score (nSPS) is 17.2. The van der Waals surface area contributed by atoms with Crippen molar-refractivity contribution in [3.63, 3.8) is 0 Å². The van der Waals surface area contributed by atoms with E-state index in [2.05, 4.69) is 5.32 Å². The van der Waals surface area contributed by atoms with Crippen molar-refractivity contribution < 1.29 is 14.7 Å². The topological polar surface area (TPSA) is 66.4 Å². The molecule has 106 valence electrons. The Hall–Kier alpha value is -2.11. The van der Waals surface area contributed by atoms with Crippen molar-refractivity contribution in [2.75, 3.05) is 6.61 Å². The van der Waals surface area contributed by atoms with E-state index in [9.17, 15) is 14.7 Å². The second-order valence-corrected chi connectivity index (χ2v) is 5.77. The average Bonchev–Trinajstić information content (AvgIpc) is 2.80. The van der Waals surface area contributed by atoms with Gasteiger partial charge in [0.15, 0.2) is 0 Å². The van der Waals surface area contributed by atoms with Gasteiger partial charge in [-0.2, -0.15) is 0 Å². The molecule has 2 amide bonds. The van der Waals surface area contributed by atoms with E-state index in [1.807, 2.05) is 43.3 Å². The van der Waals surface area contributed by atoms with E-state index in [4.69, 9.17) is 0 Å². The van der Waals surface area contributed by atoms with Crippen molar-refractivity contribution in [3.8, 4) is 0 Å². The van der Waals surface area contributed by atoms with E-state index < -0.39 is 11.1 Å². The first-order chi connectivity index (χ1) is 10.1. The van der Waals surface area contributed by atoms with Gasteiger partial charge in [-0.25, -0.2) is 0 Å². The van der Waals surface area contributed by atoms with Crippen LogP contribution in [0.25, 0.3) is 16.3 Å². The molecule has 2 aromatic rings. The number of nitrogens with one attached hydrogen (secondary N) is 1. The van der Waals surface area contributed by atoms with Crippen molar-refractivity contribution in [3.05, 3.63) is 52.4 Å². The third-order valence-corrected chi connectivity index (χ3v) is 4.44. The molecule has 0 atom stereocenters. The lowest BCUT2D eigenvalue weighted by Crippen LogP contribution is -2.18. The molecule has 0 spiro atoms. The summed E-state index contributed by atoms with van der Waals surface area (Å²) in [5.41, 5.74) is 2.39. The number of imide groups is 1. The van der Waals surface area contributed by atoms with Gasteiger partial charge in [-0.05, 0) is 40.6 Å². The Morgan fingerprint density at radius 1 is 1.14 bits per heavy atom. The summed E-state index contributed by atoms with van der Waals surface area (Å²) in [4.78, 5) is 23.5. The lowest BCUT2D eigenvalue weighted by Gasteiger charge is -2.11. The number of carbonyl (C=O) groups is 2. The van der Waals surface area contributed by atoms with Crippen LogP contribution in [0.1, 0.15) is 11.1 Å². The molecule has 1 fully saturated rings. The van der Waals surface area contributed by atoms with Crippen molar-refractivity contribution in [2.24, 2.45) is 0 Å². The van der Waals surface area contributed by atoms with Crippen molar-refractivity contribution in [2.45, 2.75) is 6.92 Å². The van der Waals surface area contributed by atoms with Crippen LogP contribution in [0.3, 0.4) is 0 Å². The van der Waals surface area contributed by atoms with E-state index in [1.165, 1.54) is 0 Å². The molecule has 2 N–H and O–H groups in total. The summed E-state index contributed by atoms with van der Waals surface area (Å²) < 4.78 is 0. The van der Waals surface area contributed by atoms with Gasteiger partial charge in [-0.15, -0.1) is 0 Å². The SMILES string of the molecule is Cc1cccc2c(C(CO)=C3SC(=O)NC3=O)cccc12. The van der Waals surface area contributed by atoms with Gasteiger partial charge in [0.25, 0.3) is 11.1 Å². The molecule has 0 unspecified atom stereocenters. The maximum Gasteiger partial charge on any atom is 0.290 e. The summed E-state index contributed by atoms with van der Waals surface area (Å²) in [7, 11) is 0. The zero-order valence-corrected chi connectivity index (χ0v) is 12.2. The van der Waals surface area contributed by atoms with E-state index in [1.54, 1.807) is 0 Å². The number of hydrogen-bond donors (Lipinski definition) is 2. The van der Waals surface area contributed by atoms with Gasteiger partial charge in [0.2, 0.25) is 0 Å². The molecule has 1 saturated heterocycles. The second-order valence-electron chi connectivity index (χ2n) is 4.79. The second kappa shape index (κ2) is 5.35. The smallest absolute Gasteiger partial charge is 0.290 e. The van der Waals surface area contributed by atoms with E-state index in [0.717, 1.165) is 33.7 Å². The Bertz CT molecular complexity index is 795. The lowest BCUT2D eigenvalue weighted by atomic mass is 9.96. The molecule has 5 heteroatoms. The van der Waals surface area contributed by atoms with Crippen molar-refractivity contribution >= 4 is 39.3 Å². The first kappa shape index (κ1) is 13.9. The van der Waals surface area contributed by atoms with Gasteiger partial charge < -0.3 is 5.11 Å². The Balaban J connectivity index is 2.28. The van der Waals surface area contributed by atoms with Crippen LogP contribution in [0.2, 0.25) is 0 Å². The third-order valence-electron chi connectivity index (χ3n) is 3.51. The fourth-order valence-electron chi connectivity index (χ4n) is 2.52. The number of thioether (sulfide) groups is 1. The summed E-state index contributed by atoms with van der Waals surface area (Å²) in [6.07, 6.45) is 0. The van der Waals surface area contributed by atoms with Crippen LogP contribution in [-0.2, 0) is 4.79 Å². The minimum absolute atomic E-state index is 0.275. The molecule has 0 saturated carbocycles. The number of aliphatic hydroxyl groups excluding tert-OH is 1. The fourth-order valence-corrected chi connectivity index (χ4v) is 3.29. The summed E-state index contributed by atoms with van der Waals surface area (Å²) in [5, 5.41) is 13.6. The molecule has 0 aromatic heterocycles. The zero-order chi connectivity index (χ0) is 15.0. The third kappa shape index (κ3) is 2.34. The van der Waals surface area contributed by atoms with E-state index in [-0.39, 0.29) is 11.5 Å². The van der Waals surface area contributed by atoms with Crippen LogP contribution >= 0.6 is 11.8 Å². The number of carbonyl (C=O) groups excluding carboxylic acids is 2. The molecule has 0 radical (unpaired) electrons. The lowest BCUT2D eigenvalue weighted by molar-refractivity contribution is -0.115. The number of hydrogen-bond acceptors (Lipinski definition) is 4. The molecule has 0 bridgehead atoms. The van der Waals surface area contributed by atoms with Crippen molar-refractivity contribution in [1.82, 2.24) is 5.32 Å². The standard InChI is InChI=1S/C16H13NO3S/c1-9-4-2-6-11-10(9)5-3-7-12(11)13(8-18)14-15(19)17-16(20)21-14/h2-7,18H,8H2,1H3,(H,17,19,20). The van der Waals surface area contributed by atoms with Gasteiger partial charge in [0, 0.05) is 5.57 Å². The maximum atomic E-state index is 11.8. The highest BCUT2D eigenvalue weighted by atomic mass is 32.2. The predicted molar refractivity (Wildman–Crippen MR) is 83.8 cm³/mol. The molecular weight excluding hydrogens is 286 g/mol. The monoisotopic (exact) mass is 299 g/mol. The summed E-state index contributed by atoms with van der Waals surface area (Å²) in [6.45, 7) is 1.72. The highest BCUT2D eigenvalue weighted by molar-refractivity contribution is 8.18. The van der Waals surface area contributed by atoms with Gasteiger partial charge in [-0.1, -0.05) is 36.4 Å². The maximum absolute atomic E-state index is 11.8. The van der Waals surface area contributed by atoms with Crippen molar-refractivity contribution in [1.29, 1.82) is 0 Å². The van der Waals surface area contributed by atoms with Crippen LogP contribution in [-0.4, -0.2) is 22.9 Å². The number of benzene rings is 2. The molecular formula is C16H13NO3S. The van der Waals surface area contributed by atoms with Crippen LogP contribution in [0.15, 0.2) is 41.3 Å². The summed E-state index contributed by atoms with van der Waals surface area (Å²) in [5.74, 6) is -0.446. The van der Waals surface area contributed by atoms with Gasteiger partial charge in [-0.3, -0.25) is 14.9 Å². The van der Waals surface area contributed by atoms with E-state index in [0.29, 0.717) is 5.57 Å². The van der Waals surface area contributed by atoms with Crippen LogP contribution in [0.5, 0.6) is 0 Å². The molecule has 1 aliphatic rings. The summed E-state index contributed by atoms with van der Waals surface area (Å²) >= 11 is 0.834. The van der Waals surface area contributed by atoms with Crippen LogP contribution in [0, 0.1) is 6.92 Å².